The quantitative estimate of drug-likeness (QED) is 0.411. The Morgan fingerprint density at radius 2 is 1.72 bits per heavy atom. The van der Waals surface area contributed by atoms with Gasteiger partial charge < -0.3 is 4.74 Å². The number of carbonyl (C=O) groups is 1. The number of nitrogens with zero attached hydrogens (tertiary/aromatic N) is 3. The molecule has 3 aromatic rings. The molecule has 0 aliphatic rings. The molecule has 0 fully saturated rings. The van der Waals surface area contributed by atoms with Gasteiger partial charge in [-0.25, -0.2) is 9.18 Å². The first-order chi connectivity index (χ1) is 12.0. The molecule has 1 aromatic heterocycles. The molecular weight excluding hydrogens is 329 g/mol. The van der Waals surface area contributed by atoms with Gasteiger partial charge in [-0.1, -0.05) is 12.1 Å². The number of carbonyl (C=O) groups excluding carboxylic acids is 1. The number of ether oxygens (including phenoxy) is 1. The van der Waals surface area contributed by atoms with Crippen molar-refractivity contribution in [3.63, 3.8) is 0 Å². The number of aromatic nitrogens is 2. The molecule has 0 aliphatic carbocycles. The third-order valence-electron chi connectivity index (χ3n) is 3.30. The Bertz CT molecular complexity index is 927. The van der Waals surface area contributed by atoms with E-state index >= 15 is 0 Å². The first-order valence-corrected chi connectivity index (χ1v) is 7.10. The second-order valence-corrected chi connectivity index (χ2v) is 4.93. The topological polar surface area (TPSA) is 95.2 Å². The lowest BCUT2D eigenvalue weighted by Crippen LogP contribution is -2.12. The molecule has 0 aliphatic heterocycles. The van der Waals surface area contributed by atoms with Crippen molar-refractivity contribution in [2.24, 2.45) is 0 Å². The minimum atomic E-state index is -0.906. The van der Waals surface area contributed by atoms with Crippen molar-refractivity contribution in [1.29, 1.82) is 0 Å². The van der Waals surface area contributed by atoms with E-state index in [2.05, 4.69) is 10.2 Å². The molecule has 0 N–H and O–H groups in total. The van der Waals surface area contributed by atoms with Gasteiger partial charge in [0.2, 0.25) is 5.88 Å². The summed E-state index contributed by atoms with van der Waals surface area (Å²) < 4.78 is 17.9. The van der Waals surface area contributed by atoms with Gasteiger partial charge in [0.05, 0.1) is 10.6 Å². The number of hydrogen-bond donors (Lipinski definition) is 0. The van der Waals surface area contributed by atoms with Crippen LogP contribution in [-0.2, 0) is 0 Å². The average Bonchev–Trinajstić information content (AvgIpc) is 2.63. The molecule has 8 heteroatoms. The van der Waals surface area contributed by atoms with Crippen molar-refractivity contribution in [2.45, 2.75) is 0 Å². The Balaban J connectivity index is 1.79. The summed E-state index contributed by atoms with van der Waals surface area (Å²) in [6, 6.07) is 14.1. The van der Waals surface area contributed by atoms with Gasteiger partial charge in [-0.05, 0) is 36.4 Å². The fourth-order valence-electron chi connectivity index (χ4n) is 2.10. The summed E-state index contributed by atoms with van der Waals surface area (Å²) >= 11 is 0. The van der Waals surface area contributed by atoms with E-state index in [1.807, 2.05) is 0 Å². The van der Waals surface area contributed by atoms with E-state index in [1.54, 1.807) is 18.2 Å². The van der Waals surface area contributed by atoms with E-state index in [-0.39, 0.29) is 22.9 Å². The second kappa shape index (κ2) is 6.83. The first-order valence-electron chi connectivity index (χ1n) is 7.10. The molecule has 3 rings (SSSR count). The predicted molar refractivity (Wildman–Crippen MR) is 85.5 cm³/mol. The highest BCUT2D eigenvalue weighted by molar-refractivity contribution is 5.95. The number of halogens is 1. The van der Waals surface area contributed by atoms with Crippen LogP contribution in [0.5, 0.6) is 5.88 Å². The lowest BCUT2D eigenvalue weighted by atomic mass is 10.1. The van der Waals surface area contributed by atoms with Gasteiger partial charge in [0.25, 0.3) is 5.69 Å². The van der Waals surface area contributed by atoms with Crippen LogP contribution in [0.3, 0.4) is 0 Å². The molecule has 0 saturated heterocycles. The molecule has 2 aromatic carbocycles. The molecule has 0 spiro atoms. The predicted octanol–water partition coefficient (Wildman–Crippen LogP) is 3.41. The Hall–Kier alpha value is -3.68. The summed E-state index contributed by atoms with van der Waals surface area (Å²) in [5.41, 5.74) is 0.566. The molecule has 25 heavy (non-hydrogen) atoms. The van der Waals surface area contributed by atoms with Crippen LogP contribution in [0.2, 0.25) is 0 Å². The lowest BCUT2D eigenvalue weighted by Gasteiger charge is -2.04. The SMILES string of the molecule is O=C(Oc1ccc(-c2ccc(F)cc2)nn1)c1ccccc1[N+](=O)[O-]. The van der Waals surface area contributed by atoms with Gasteiger partial charge in [-0.2, -0.15) is 0 Å². The summed E-state index contributed by atoms with van der Waals surface area (Å²) in [4.78, 5) is 22.4. The van der Waals surface area contributed by atoms with Crippen LogP contribution in [0.25, 0.3) is 11.3 Å². The van der Waals surface area contributed by atoms with Crippen LogP contribution in [0.15, 0.2) is 60.7 Å². The Morgan fingerprint density at radius 3 is 2.36 bits per heavy atom. The van der Waals surface area contributed by atoms with Crippen LogP contribution in [0, 0.1) is 15.9 Å². The third-order valence-corrected chi connectivity index (χ3v) is 3.30. The molecule has 0 radical (unpaired) electrons. The number of benzene rings is 2. The molecule has 0 bridgehead atoms. The lowest BCUT2D eigenvalue weighted by molar-refractivity contribution is -0.385. The highest BCUT2D eigenvalue weighted by atomic mass is 19.1. The van der Waals surface area contributed by atoms with Gasteiger partial charge >= 0.3 is 5.97 Å². The molecule has 7 nitrogen and oxygen atoms in total. The zero-order valence-electron chi connectivity index (χ0n) is 12.6. The van der Waals surface area contributed by atoms with E-state index in [0.717, 1.165) is 0 Å². The van der Waals surface area contributed by atoms with E-state index in [9.17, 15) is 19.3 Å². The minimum Gasteiger partial charge on any atom is -0.402 e. The van der Waals surface area contributed by atoms with Gasteiger partial charge in [-0.15, -0.1) is 10.2 Å². The number of rotatable bonds is 4. The van der Waals surface area contributed by atoms with Crippen molar-refractivity contribution in [3.05, 3.63) is 82.2 Å². The normalized spacial score (nSPS) is 10.3. The van der Waals surface area contributed by atoms with Crippen molar-refractivity contribution >= 4 is 11.7 Å². The van der Waals surface area contributed by atoms with Crippen LogP contribution in [0.1, 0.15) is 10.4 Å². The van der Waals surface area contributed by atoms with E-state index < -0.39 is 10.9 Å². The van der Waals surface area contributed by atoms with Crippen LogP contribution < -0.4 is 4.74 Å². The number of nitro benzene ring substituents is 1. The van der Waals surface area contributed by atoms with Crippen molar-refractivity contribution < 1.29 is 18.8 Å². The molecule has 124 valence electrons. The van der Waals surface area contributed by atoms with Crippen LogP contribution in [0.4, 0.5) is 10.1 Å². The van der Waals surface area contributed by atoms with Gasteiger partial charge in [0.15, 0.2) is 0 Å². The van der Waals surface area contributed by atoms with E-state index in [1.165, 1.54) is 42.5 Å². The number of esters is 1. The monoisotopic (exact) mass is 339 g/mol. The Morgan fingerprint density at radius 1 is 1.00 bits per heavy atom. The van der Waals surface area contributed by atoms with Crippen LogP contribution >= 0.6 is 0 Å². The zero-order chi connectivity index (χ0) is 17.8. The highest BCUT2D eigenvalue weighted by Gasteiger charge is 2.21. The van der Waals surface area contributed by atoms with Crippen molar-refractivity contribution in [2.75, 3.05) is 0 Å². The minimum absolute atomic E-state index is 0.103. The standard InChI is InChI=1S/C17H10FN3O4/c18-12-7-5-11(6-8-12)14-9-10-16(20-19-14)25-17(22)13-3-1-2-4-15(13)21(23)24/h1-10H. The molecule has 0 atom stereocenters. The van der Waals surface area contributed by atoms with E-state index in [0.29, 0.717) is 11.3 Å². The van der Waals surface area contributed by atoms with Crippen molar-refractivity contribution in [3.8, 4) is 17.1 Å². The van der Waals surface area contributed by atoms with Gasteiger partial charge in [-0.3, -0.25) is 10.1 Å². The summed E-state index contributed by atoms with van der Waals surface area (Å²) in [7, 11) is 0. The number of nitro groups is 1. The Kier molecular flexibility index (Phi) is 4.42. The molecule has 1 heterocycles. The van der Waals surface area contributed by atoms with Gasteiger partial charge in [0, 0.05) is 17.7 Å². The van der Waals surface area contributed by atoms with Gasteiger partial charge in [0.1, 0.15) is 11.4 Å². The summed E-state index contributed by atoms with van der Waals surface area (Å²) in [6.07, 6.45) is 0. The zero-order valence-corrected chi connectivity index (χ0v) is 12.6. The molecule has 0 amide bonds. The maximum atomic E-state index is 12.9. The maximum absolute atomic E-state index is 12.9. The molecular formula is C17H10FN3O4. The highest BCUT2D eigenvalue weighted by Crippen LogP contribution is 2.21. The summed E-state index contributed by atoms with van der Waals surface area (Å²) in [5, 5.41) is 18.6. The third kappa shape index (κ3) is 3.63. The number of hydrogen-bond acceptors (Lipinski definition) is 6. The molecule has 0 unspecified atom stereocenters. The van der Waals surface area contributed by atoms with Crippen LogP contribution in [-0.4, -0.2) is 21.1 Å². The van der Waals surface area contributed by atoms with Crippen molar-refractivity contribution in [1.82, 2.24) is 10.2 Å². The fraction of sp³-hybridized carbons (Fsp3) is 0. The number of para-hydroxylation sites is 1. The fourth-order valence-corrected chi connectivity index (χ4v) is 2.10. The smallest absolute Gasteiger partial charge is 0.351 e. The average molecular weight is 339 g/mol. The molecule has 0 saturated carbocycles. The summed E-state index contributed by atoms with van der Waals surface area (Å²) in [5.74, 6) is -1.38. The summed E-state index contributed by atoms with van der Waals surface area (Å²) in [6.45, 7) is 0. The largest absolute Gasteiger partial charge is 0.402 e. The Labute approximate surface area is 140 Å². The maximum Gasteiger partial charge on any atom is 0.351 e. The van der Waals surface area contributed by atoms with E-state index in [4.69, 9.17) is 4.74 Å². The second-order valence-electron chi connectivity index (χ2n) is 4.93. The first kappa shape index (κ1) is 16.2.